The van der Waals surface area contributed by atoms with Gasteiger partial charge in [-0.25, -0.2) is 9.36 Å². The summed E-state index contributed by atoms with van der Waals surface area (Å²) in [6.07, 6.45) is 10.9. The van der Waals surface area contributed by atoms with E-state index in [2.05, 4.69) is 13.8 Å². The van der Waals surface area contributed by atoms with E-state index in [0.717, 1.165) is 63.4 Å². The minimum Gasteiger partial charge on any atom is -0.431 e. The molecule has 6 heteroatoms. The van der Waals surface area contributed by atoms with Crippen molar-refractivity contribution in [1.82, 2.24) is 0 Å². The first-order valence-corrected chi connectivity index (χ1v) is 12.3. The molecule has 8 atom stereocenters. The van der Waals surface area contributed by atoms with Gasteiger partial charge in [-0.3, -0.25) is 4.52 Å². The van der Waals surface area contributed by atoms with Crippen LogP contribution in [0.4, 0.5) is 0 Å². The molecular weight excluding hydrogens is 399 g/mol. The summed E-state index contributed by atoms with van der Waals surface area (Å²) in [4.78, 5) is 11.4. The molecule has 4 saturated carbocycles. The van der Waals surface area contributed by atoms with Gasteiger partial charge in [-0.1, -0.05) is 13.8 Å². The van der Waals surface area contributed by atoms with Crippen molar-refractivity contribution in [3.05, 3.63) is 34.4 Å². The van der Waals surface area contributed by atoms with Crippen molar-refractivity contribution in [3.63, 3.8) is 0 Å². The highest BCUT2D eigenvalue weighted by Gasteiger charge is 2.67. The van der Waals surface area contributed by atoms with Gasteiger partial charge in [0.05, 0.1) is 18.0 Å². The predicted octanol–water partition coefficient (Wildman–Crippen LogP) is 5.47. The highest BCUT2D eigenvalue weighted by molar-refractivity contribution is 7.17. The van der Waals surface area contributed by atoms with E-state index < -0.39 is 5.60 Å². The van der Waals surface area contributed by atoms with Crippen molar-refractivity contribution < 1.29 is 18.6 Å². The molecule has 0 bridgehead atoms. The molecule has 4 fully saturated rings. The SMILES string of the molecule is CC12CCC(OP=O)CC1CCC1C2CCC2(C)C(c3ccc(=O)oc3)CCC12O. The van der Waals surface area contributed by atoms with Crippen LogP contribution in [-0.4, -0.2) is 16.8 Å². The van der Waals surface area contributed by atoms with Gasteiger partial charge in [-0.05, 0) is 98.5 Å². The molecule has 1 aromatic rings. The first kappa shape index (κ1) is 20.8. The van der Waals surface area contributed by atoms with Crippen molar-refractivity contribution in [2.45, 2.75) is 89.3 Å². The number of hydrogen-bond donors (Lipinski definition) is 1. The van der Waals surface area contributed by atoms with E-state index in [1.807, 2.05) is 6.07 Å². The molecule has 0 amide bonds. The van der Waals surface area contributed by atoms with Crippen LogP contribution in [0.1, 0.15) is 83.1 Å². The molecule has 164 valence electrons. The van der Waals surface area contributed by atoms with Crippen LogP contribution in [0, 0.1) is 28.6 Å². The molecule has 0 aromatic carbocycles. The van der Waals surface area contributed by atoms with Crippen molar-refractivity contribution in [3.8, 4) is 0 Å². The smallest absolute Gasteiger partial charge is 0.335 e. The standard InChI is InChI=1S/C24H33O5P/c1-22-10-7-17(29-30-27)13-16(22)4-5-20-19(22)8-11-23(2)18(9-12-24(20,23)26)15-3-6-21(25)28-14-15/h3,6,14,16-20,26H,4-5,7-13H2,1-2H3. The molecule has 1 heterocycles. The predicted molar refractivity (Wildman–Crippen MR) is 113 cm³/mol. The van der Waals surface area contributed by atoms with E-state index in [0.29, 0.717) is 17.8 Å². The van der Waals surface area contributed by atoms with Gasteiger partial charge >= 0.3 is 14.3 Å². The van der Waals surface area contributed by atoms with Gasteiger partial charge in [0, 0.05) is 11.5 Å². The van der Waals surface area contributed by atoms with Gasteiger partial charge in [0.15, 0.2) is 0 Å². The fraction of sp³-hybridized carbons (Fsp3) is 0.792. The second-order valence-electron chi connectivity index (χ2n) is 10.9. The second-order valence-corrected chi connectivity index (χ2v) is 11.3. The number of rotatable bonds is 3. The largest absolute Gasteiger partial charge is 0.431 e. The second kappa shape index (κ2) is 7.25. The van der Waals surface area contributed by atoms with Gasteiger partial charge in [0.25, 0.3) is 0 Å². The van der Waals surface area contributed by atoms with Crippen molar-refractivity contribution in [2.24, 2.45) is 28.6 Å². The van der Waals surface area contributed by atoms with E-state index in [-0.39, 0.29) is 37.2 Å². The number of hydrogen-bond acceptors (Lipinski definition) is 5. The Bertz CT molecular complexity index is 864. The number of fused-ring (bicyclic) bond motifs is 5. The lowest BCUT2D eigenvalue weighted by Crippen LogP contribution is -2.62. The highest BCUT2D eigenvalue weighted by atomic mass is 31.1. The molecule has 1 N–H and O–H groups in total. The summed E-state index contributed by atoms with van der Waals surface area (Å²) in [5.41, 5.74) is 0.131. The minimum absolute atomic E-state index is 0.110. The highest BCUT2D eigenvalue weighted by Crippen LogP contribution is 2.70. The Labute approximate surface area is 179 Å². The molecule has 0 aliphatic heterocycles. The van der Waals surface area contributed by atoms with Gasteiger partial charge in [-0.15, -0.1) is 0 Å². The van der Waals surface area contributed by atoms with Crippen LogP contribution in [0.25, 0.3) is 0 Å². The van der Waals surface area contributed by atoms with Crippen LogP contribution in [0.15, 0.2) is 27.6 Å². The van der Waals surface area contributed by atoms with E-state index in [9.17, 15) is 14.5 Å². The zero-order chi connectivity index (χ0) is 21.1. The minimum atomic E-state index is -0.661. The fourth-order valence-corrected chi connectivity index (χ4v) is 8.76. The molecule has 30 heavy (non-hydrogen) atoms. The average molecular weight is 432 g/mol. The summed E-state index contributed by atoms with van der Waals surface area (Å²) >= 11 is 0. The lowest BCUT2D eigenvalue weighted by molar-refractivity contribution is -0.204. The van der Waals surface area contributed by atoms with Crippen molar-refractivity contribution in [1.29, 1.82) is 0 Å². The molecule has 1 aromatic heterocycles. The van der Waals surface area contributed by atoms with Crippen LogP contribution >= 0.6 is 8.69 Å². The summed E-state index contributed by atoms with van der Waals surface area (Å²) in [6.45, 7) is 4.72. The van der Waals surface area contributed by atoms with Crippen LogP contribution in [0.3, 0.4) is 0 Å². The molecule has 0 saturated heterocycles. The summed E-state index contributed by atoms with van der Waals surface area (Å²) in [7, 11) is -0.200. The topological polar surface area (TPSA) is 76.7 Å². The third kappa shape index (κ3) is 2.84. The summed E-state index contributed by atoms with van der Waals surface area (Å²) in [6, 6.07) is 3.41. The van der Waals surface area contributed by atoms with Crippen LogP contribution in [0.5, 0.6) is 0 Å². The third-order valence-corrected chi connectivity index (χ3v) is 10.5. The summed E-state index contributed by atoms with van der Waals surface area (Å²) in [5.74, 6) is 1.69. The summed E-state index contributed by atoms with van der Waals surface area (Å²) < 4.78 is 21.5. The first-order valence-electron chi connectivity index (χ1n) is 11.6. The van der Waals surface area contributed by atoms with E-state index in [1.165, 1.54) is 6.07 Å². The summed E-state index contributed by atoms with van der Waals surface area (Å²) in [5, 5.41) is 12.2. The maximum atomic E-state index is 12.2. The molecule has 0 radical (unpaired) electrons. The fourth-order valence-electron chi connectivity index (χ4n) is 8.44. The van der Waals surface area contributed by atoms with Gasteiger partial charge in [0.2, 0.25) is 0 Å². The molecular formula is C24H33O5P. The zero-order valence-corrected chi connectivity index (χ0v) is 18.9. The van der Waals surface area contributed by atoms with Crippen LogP contribution in [-0.2, 0) is 9.09 Å². The van der Waals surface area contributed by atoms with E-state index in [4.69, 9.17) is 8.94 Å². The molecule has 8 unspecified atom stereocenters. The quantitative estimate of drug-likeness (QED) is 0.641. The van der Waals surface area contributed by atoms with Crippen molar-refractivity contribution >= 4 is 8.69 Å². The molecule has 0 spiro atoms. The van der Waals surface area contributed by atoms with Gasteiger partial charge in [-0.2, -0.15) is 0 Å². The monoisotopic (exact) mass is 432 g/mol. The molecule has 4 aliphatic rings. The Kier molecular flexibility index (Phi) is 5.04. The lowest BCUT2D eigenvalue weighted by Gasteiger charge is -2.63. The number of aliphatic hydroxyl groups is 1. The Morgan fingerprint density at radius 3 is 2.63 bits per heavy atom. The molecule has 4 aliphatic carbocycles. The average Bonchev–Trinajstić information content (AvgIpc) is 3.01. The van der Waals surface area contributed by atoms with Crippen molar-refractivity contribution in [2.75, 3.05) is 0 Å². The zero-order valence-electron chi connectivity index (χ0n) is 18.0. The molecule has 5 rings (SSSR count). The first-order chi connectivity index (χ1) is 14.3. The normalized spacial score (nSPS) is 48.0. The maximum absolute atomic E-state index is 12.2. The van der Waals surface area contributed by atoms with Gasteiger partial charge in [0.1, 0.15) is 0 Å². The van der Waals surface area contributed by atoms with E-state index in [1.54, 1.807) is 6.26 Å². The molecule has 5 nitrogen and oxygen atoms in total. The lowest BCUT2D eigenvalue weighted by atomic mass is 9.43. The van der Waals surface area contributed by atoms with Crippen LogP contribution < -0.4 is 5.63 Å². The van der Waals surface area contributed by atoms with Gasteiger partial charge < -0.3 is 9.52 Å². The maximum Gasteiger partial charge on any atom is 0.335 e. The Morgan fingerprint density at radius 1 is 1.07 bits per heavy atom. The van der Waals surface area contributed by atoms with Crippen LogP contribution in [0.2, 0.25) is 0 Å². The Hall–Kier alpha value is -1.03. The van der Waals surface area contributed by atoms with E-state index >= 15 is 0 Å². The Morgan fingerprint density at radius 2 is 1.90 bits per heavy atom. The Balaban J connectivity index is 1.43. The third-order valence-electron chi connectivity index (χ3n) is 10.1.